The van der Waals surface area contributed by atoms with Crippen molar-refractivity contribution in [1.82, 2.24) is 0 Å². The number of methoxy groups -OCH3 is 1. The summed E-state index contributed by atoms with van der Waals surface area (Å²) < 4.78 is 5.17. The molecule has 0 unspecified atom stereocenters. The van der Waals surface area contributed by atoms with Crippen molar-refractivity contribution in [2.24, 2.45) is 11.3 Å². The maximum Gasteiger partial charge on any atom is 0.118 e. The van der Waals surface area contributed by atoms with E-state index in [1.54, 1.807) is 24.4 Å². The third-order valence-corrected chi connectivity index (χ3v) is 5.30. The molecule has 0 bridgehead atoms. The minimum atomic E-state index is 0.465. The average Bonchev–Trinajstić information content (AvgIpc) is 2.52. The molecule has 1 aliphatic rings. The molecule has 0 heterocycles. The van der Waals surface area contributed by atoms with Crippen molar-refractivity contribution in [2.45, 2.75) is 46.5 Å². The van der Waals surface area contributed by atoms with Gasteiger partial charge in [0, 0.05) is 0 Å². The molecule has 0 amide bonds. The number of ether oxygens (including phenoxy) is 1. The van der Waals surface area contributed by atoms with Crippen LogP contribution >= 0.6 is 11.8 Å². The summed E-state index contributed by atoms with van der Waals surface area (Å²) in [6, 6.07) is 8.16. The number of allylic oxidation sites excluding steroid dienone is 1. The Morgan fingerprint density at radius 2 is 1.73 bits per heavy atom. The molecule has 2 heteroatoms. The second-order valence-corrected chi connectivity index (χ2v) is 7.91. The third kappa shape index (κ3) is 5.24. The smallest absolute Gasteiger partial charge is 0.118 e. The summed E-state index contributed by atoms with van der Waals surface area (Å²) in [5, 5.41) is 4.52. The zero-order valence-electron chi connectivity index (χ0n) is 14.3. The van der Waals surface area contributed by atoms with Crippen LogP contribution in [0.15, 0.2) is 40.7 Å². The number of thioether (sulfide) groups is 1. The van der Waals surface area contributed by atoms with Crippen molar-refractivity contribution in [3.63, 3.8) is 0 Å². The van der Waals surface area contributed by atoms with E-state index >= 15 is 0 Å². The van der Waals surface area contributed by atoms with Gasteiger partial charge < -0.3 is 4.74 Å². The fourth-order valence-corrected chi connectivity index (χ4v) is 3.68. The van der Waals surface area contributed by atoms with Gasteiger partial charge in [-0.2, -0.15) is 0 Å². The first-order chi connectivity index (χ1) is 10.5. The fraction of sp³-hybridized carbons (Fsp3) is 0.500. The lowest BCUT2D eigenvalue weighted by Gasteiger charge is -2.34. The lowest BCUT2D eigenvalue weighted by atomic mass is 9.71. The quantitative estimate of drug-likeness (QED) is 0.625. The van der Waals surface area contributed by atoms with Crippen LogP contribution in [0.5, 0.6) is 5.75 Å². The Kier molecular flexibility index (Phi) is 6.19. The van der Waals surface area contributed by atoms with E-state index in [2.05, 4.69) is 49.8 Å². The van der Waals surface area contributed by atoms with Crippen molar-refractivity contribution in [3.05, 3.63) is 46.2 Å². The molecule has 22 heavy (non-hydrogen) atoms. The summed E-state index contributed by atoms with van der Waals surface area (Å²) >= 11 is 1.80. The van der Waals surface area contributed by atoms with Gasteiger partial charge in [0.2, 0.25) is 0 Å². The predicted octanol–water partition coefficient (Wildman–Crippen LogP) is 6.52. The molecule has 0 atom stereocenters. The lowest BCUT2D eigenvalue weighted by molar-refractivity contribution is 0.197. The van der Waals surface area contributed by atoms with E-state index < -0.39 is 0 Å². The van der Waals surface area contributed by atoms with Crippen LogP contribution in [-0.2, 0) is 0 Å². The summed E-state index contributed by atoms with van der Waals surface area (Å²) in [4.78, 5) is 0. The molecular weight excluding hydrogens is 288 g/mol. The third-order valence-electron chi connectivity index (χ3n) is 4.54. The molecule has 1 nitrogen and oxygen atoms in total. The van der Waals surface area contributed by atoms with Crippen LogP contribution in [0, 0.1) is 11.3 Å². The van der Waals surface area contributed by atoms with E-state index in [0.717, 1.165) is 11.7 Å². The topological polar surface area (TPSA) is 9.23 Å². The Morgan fingerprint density at radius 3 is 2.27 bits per heavy atom. The van der Waals surface area contributed by atoms with Gasteiger partial charge in [-0.25, -0.2) is 0 Å². The Hall–Kier alpha value is -1.15. The molecule has 1 aromatic rings. The second kappa shape index (κ2) is 7.92. The molecule has 0 aliphatic heterocycles. The van der Waals surface area contributed by atoms with E-state index in [-0.39, 0.29) is 0 Å². The van der Waals surface area contributed by atoms with Crippen molar-refractivity contribution >= 4 is 17.8 Å². The van der Waals surface area contributed by atoms with Crippen LogP contribution in [0.4, 0.5) is 0 Å². The van der Waals surface area contributed by atoms with E-state index in [0.29, 0.717) is 5.41 Å². The Labute approximate surface area is 139 Å². The van der Waals surface area contributed by atoms with Crippen LogP contribution < -0.4 is 4.74 Å². The van der Waals surface area contributed by atoms with Crippen LogP contribution in [-0.4, -0.2) is 7.11 Å². The summed E-state index contributed by atoms with van der Waals surface area (Å²) in [5.41, 5.74) is 3.29. The van der Waals surface area contributed by atoms with Gasteiger partial charge in [0.1, 0.15) is 5.75 Å². The molecule has 1 fully saturated rings. The van der Waals surface area contributed by atoms with Crippen LogP contribution in [0.1, 0.15) is 52.0 Å². The SMILES string of the molecule is COc1ccc(/C=C/SC=C2CCC(C(C)(C)C)CC2)cc1. The highest BCUT2D eigenvalue weighted by Crippen LogP contribution is 2.40. The predicted molar refractivity (Wildman–Crippen MR) is 99.1 cm³/mol. The molecule has 1 aliphatic carbocycles. The molecule has 0 spiro atoms. The largest absolute Gasteiger partial charge is 0.497 e. The normalized spacial score (nSPS) is 19.5. The summed E-state index contributed by atoms with van der Waals surface area (Å²) in [6.45, 7) is 7.12. The van der Waals surface area contributed by atoms with E-state index in [9.17, 15) is 0 Å². The standard InChI is InChI=1S/C20H28OS/c1-20(2,3)18-9-5-17(6-10-18)15-22-14-13-16-7-11-19(21-4)12-8-16/h7-8,11-15,18H,5-6,9-10H2,1-4H3/b14-13+,17-15?. The van der Waals surface area contributed by atoms with Gasteiger partial charge in [-0.1, -0.05) is 38.5 Å². The molecule has 0 N–H and O–H groups in total. The molecule has 1 aromatic carbocycles. The lowest BCUT2D eigenvalue weighted by Crippen LogP contribution is -2.23. The highest BCUT2D eigenvalue weighted by Gasteiger charge is 2.27. The van der Waals surface area contributed by atoms with Gasteiger partial charge in [0.15, 0.2) is 0 Å². The highest BCUT2D eigenvalue weighted by atomic mass is 32.2. The van der Waals surface area contributed by atoms with E-state index in [1.165, 1.54) is 31.2 Å². The Bertz CT molecular complexity index is 510. The number of hydrogen-bond acceptors (Lipinski definition) is 2. The molecular formula is C20H28OS. The highest BCUT2D eigenvalue weighted by molar-refractivity contribution is 8.05. The van der Waals surface area contributed by atoms with Crippen molar-refractivity contribution in [1.29, 1.82) is 0 Å². The second-order valence-electron chi connectivity index (χ2n) is 7.13. The first kappa shape index (κ1) is 17.2. The van der Waals surface area contributed by atoms with Crippen LogP contribution in [0.25, 0.3) is 6.08 Å². The molecule has 0 saturated heterocycles. The summed E-state index contributed by atoms with van der Waals surface area (Å²) in [6.07, 6.45) is 7.38. The molecule has 0 radical (unpaired) electrons. The first-order valence-electron chi connectivity index (χ1n) is 8.13. The van der Waals surface area contributed by atoms with Gasteiger partial charge >= 0.3 is 0 Å². The summed E-state index contributed by atoms with van der Waals surface area (Å²) in [5.74, 6) is 1.78. The molecule has 2 rings (SSSR count). The zero-order chi connectivity index (χ0) is 16.0. The van der Waals surface area contributed by atoms with Crippen LogP contribution in [0.3, 0.4) is 0 Å². The number of hydrogen-bond donors (Lipinski definition) is 0. The van der Waals surface area contributed by atoms with Crippen molar-refractivity contribution in [3.8, 4) is 5.75 Å². The maximum absolute atomic E-state index is 5.17. The Morgan fingerprint density at radius 1 is 1.09 bits per heavy atom. The average molecular weight is 317 g/mol. The zero-order valence-corrected chi connectivity index (χ0v) is 15.1. The van der Waals surface area contributed by atoms with Gasteiger partial charge in [-0.05, 0) is 71.6 Å². The number of benzene rings is 1. The molecule has 0 aromatic heterocycles. The molecule has 120 valence electrons. The van der Waals surface area contributed by atoms with Crippen molar-refractivity contribution in [2.75, 3.05) is 7.11 Å². The minimum absolute atomic E-state index is 0.465. The van der Waals surface area contributed by atoms with Crippen molar-refractivity contribution < 1.29 is 4.74 Å². The molecule has 1 saturated carbocycles. The fourth-order valence-electron chi connectivity index (χ4n) is 2.94. The summed E-state index contributed by atoms with van der Waals surface area (Å²) in [7, 11) is 1.70. The van der Waals surface area contributed by atoms with Gasteiger partial charge in [0.05, 0.1) is 7.11 Å². The van der Waals surface area contributed by atoms with Gasteiger partial charge in [-0.3, -0.25) is 0 Å². The monoisotopic (exact) mass is 316 g/mol. The Balaban J connectivity index is 1.79. The van der Waals surface area contributed by atoms with Gasteiger partial charge in [0.25, 0.3) is 0 Å². The van der Waals surface area contributed by atoms with Crippen LogP contribution in [0.2, 0.25) is 0 Å². The maximum atomic E-state index is 5.17. The van der Waals surface area contributed by atoms with Gasteiger partial charge in [-0.15, -0.1) is 11.8 Å². The minimum Gasteiger partial charge on any atom is -0.497 e. The van der Waals surface area contributed by atoms with E-state index in [4.69, 9.17) is 4.74 Å². The van der Waals surface area contributed by atoms with E-state index in [1.807, 2.05) is 12.1 Å². The number of rotatable bonds is 4. The first-order valence-corrected chi connectivity index (χ1v) is 9.07.